The van der Waals surface area contributed by atoms with Gasteiger partial charge in [-0.05, 0) is 37.0 Å². The number of nitrogens with two attached hydrogens (primary N) is 1. The molecule has 1 heterocycles. The SMILES string of the molecule is CC(C)C(C)NC(=O)CN1CCc2ccc(N)cc2C1=O. The second kappa shape index (κ2) is 6.16. The van der Waals surface area contributed by atoms with Gasteiger partial charge in [-0.3, -0.25) is 9.59 Å². The molecule has 0 aromatic heterocycles. The van der Waals surface area contributed by atoms with Gasteiger partial charge in [0.2, 0.25) is 5.91 Å². The number of rotatable bonds is 4. The number of benzene rings is 1. The van der Waals surface area contributed by atoms with Crippen molar-refractivity contribution >= 4 is 17.5 Å². The van der Waals surface area contributed by atoms with Crippen LogP contribution in [-0.2, 0) is 11.2 Å². The smallest absolute Gasteiger partial charge is 0.254 e. The van der Waals surface area contributed by atoms with Crippen molar-refractivity contribution in [3.05, 3.63) is 29.3 Å². The third-order valence-electron chi connectivity index (χ3n) is 4.03. The van der Waals surface area contributed by atoms with Gasteiger partial charge in [-0.25, -0.2) is 0 Å². The fourth-order valence-corrected chi connectivity index (χ4v) is 2.33. The van der Waals surface area contributed by atoms with E-state index >= 15 is 0 Å². The molecule has 0 spiro atoms. The van der Waals surface area contributed by atoms with Crippen LogP contribution in [0.2, 0.25) is 0 Å². The molecule has 2 rings (SSSR count). The van der Waals surface area contributed by atoms with Gasteiger partial charge in [0.15, 0.2) is 0 Å². The summed E-state index contributed by atoms with van der Waals surface area (Å²) in [7, 11) is 0. The van der Waals surface area contributed by atoms with E-state index in [1.165, 1.54) is 0 Å². The summed E-state index contributed by atoms with van der Waals surface area (Å²) in [6, 6.07) is 5.48. The lowest BCUT2D eigenvalue weighted by molar-refractivity contribution is -0.122. The summed E-state index contributed by atoms with van der Waals surface area (Å²) in [6.45, 7) is 6.74. The molecule has 3 N–H and O–H groups in total. The molecule has 0 saturated heterocycles. The van der Waals surface area contributed by atoms with Crippen LogP contribution < -0.4 is 11.1 Å². The van der Waals surface area contributed by atoms with Crippen LogP contribution in [0.1, 0.15) is 36.7 Å². The molecule has 0 bridgehead atoms. The Bertz CT molecular complexity index is 554. The summed E-state index contributed by atoms with van der Waals surface area (Å²) in [4.78, 5) is 26.0. The van der Waals surface area contributed by atoms with E-state index in [2.05, 4.69) is 19.2 Å². The lowest BCUT2D eigenvalue weighted by Gasteiger charge is -2.29. The van der Waals surface area contributed by atoms with E-state index in [1.807, 2.05) is 13.0 Å². The Hall–Kier alpha value is -2.04. The standard InChI is InChI=1S/C16H23N3O2/c1-10(2)11(3)18-15(20)9-19-7-6-12-4-5-13(17)8-14(12)16(19)21/h4-5,8,10-11H,6-7,9,17H2,1-3H3,(H,18,20). The van der Waals surface area contributed by atoms with Crippen molar-refractivity contribution in [1.29, 1.82) is 0 Å². The number of anilines is 1. The van der Waals surface area contributed by atoms with Crippen LogP contribution in [0.25, 0.3) is 0 Å². The first-order valence-electron chi connectivity index (χ1n) is 7.35. The molecule has 5 heteroatoms. The zero-order valence-corrected chi connectivity index (χ0v) is 12.8. The van der Waals surface area contributed by atoms with Crippen molar-refractivity contribution in [2.24, 2.45) is 5.92 Å². The normalized spacial score (nSPS) is 15.8. The fraction of sp³-hybridized carbons (Fsp3) is 0.500. The molecule has 1 aliphatic heterocycles. The number of carbonyl (C=O) groups is 2. The highest BCUT2D eigenvalue weighted by Crippen LogP contribution is 2.21. The topological polar surface area (TPSA) is 75.4 Å². The summed E-state index contributed by atoms with van der Waals surface area (Å²) in [6.07, 6.45) is 0.758. The number of nitrogens with zero attached hydrogens (tertiary/aromatic N) is 1. The molecule has 0 saturated carbocycles. The number of nitrogens with one attached hydrogen (secondary N) is 1. The Kier molecular flexibility index (Phi) is 4.50. The Morgan fingerprint density at radius 2 is 2.10 bits per heavy atom. The predicted molar refractivity (Wildman–Crippen MR) is 82.9 cm³/mol. The van der Waals surface area contributed by atoms with Crippen LogP contribution >= 0.6 is 0 Å². The minimum Gasteiger partial charge on any atom is -0.399 e. The van der Waals surface area contributed by atoms with Crippen molar-refractivity contribution < 1.29 is 9.59 Å². The van der Waals surface area contributed by atoms with Crippen LogP contribution in [0, 0.1) is 5.92 Å². The van der Waals surface area contributed by atoms with Gasteiger partial charge < -0.3 is 16.0 Å². The highest BCUT2D eigenvalue weighted by molar-refractivity contribution is 5.99. The molecule has 1 unspecified atom stereocenters. The number of fused-ring (bicyclic) bond motifs is 1. The van der Waals surface area contributed by atoms with E-state index in [0.29, 0.717) is 23.7 Å². The van der Waals surface area contributed by atoms with Crippen molar-refractivity contribution in [3.8, 4) is 0 Å². The van der Waals surface area contributed by atoms with Gasteiger partial charge >= 0.3 is 0 Å². The first kappa shape index (κ1) is 15.4. The van der Waals surface area contributed by atoms with Gasteiger partial charge in [0.05, 0.1) is 6.54 Å². The molecule has 1 aromatic carbocycles. The van der Waals surface area contributed by atoms with Gasteiger partial charge in [0.25, 0.3) is 5.91 Å². The summed E-state index contributed by atoms with van der Waals surface area (Å²) < 4.78 is 0. The average Bonchev–Trinajstić information content (AvgIpc) is 2.42. The van der Waals surface area contributed by atoms with Crippen molar-refractivity contribution in [1.82, 2.24) is 10.2 Å². The molecule has 1 atom stereocenters. The molecular weight excluding hydrogens is 266 g/mol. The number of amides is 2. The Morgan fingerprint density at radius 1 is 1.38 bits per heavy atom. The van der Waals surface area contributed by atoms with E-state index in [9.17, 15) is 9.59 Å². The van der Waals surface area contributed by atoms with Crippen molar-refractivity contribution in [2.45, 2.75) is 33.2 Å². The van der Waals surface area contributed by atoms with Crippen LogP contribution in [0.4, 0.5) is 5.69 Å². The Labute approximate surface area is 125 Å². The quantitative estimate of drug-likeness (QED) is 0.823. The van der Waals surface area contributed by atoms with Crippen LogP contribution in [0.5, 0.6) is 0 Å². The molecular formula is C16H23N3O2. The molecule has 1 aliphatic rings. The first-order chi connectivity index (χ1) is 9.88. The zero-order valence-electron chi connectivity index (χ0n) is 12.8. The summed E-state index contributed by atoms with van der Waals surface area (Å²) in [5.74, 6) is 0.138. The molecule has 0 aliphatic carbocycles. The largest absolute Gasteiger partial charge is 0.399 e. The lowest BCUT2D eigenvalue weighted by Crippen LogP contribution is -2.47. The van der Waals surface area contributed by atoms with E-state index in [1.54, 1.807) is 17.0 Å². The highest BCUT2D eigenvalue weighted by atomic mass is 16.2. The van der Waals surface area contributed by atoms with Crippen LogP contribution in [0.15, 0.2) is 18.2 Å². The van der Waals surface area contributed by atoms with E-state index < -0.39 is 0 Å². The van der Waals surface area contributed by atoms with Gasteiger partial charge in [-0.2, -0.15) is 0 Å². The van der Waals surface area contributed by atoms with Crippen LogP contribution in [0.3, 0.4) is 0 Å². The fourth-order valence-electron chi connectivity index (χ4n) is 2.33. The molecule has 0 radical (unpaired) electrons. The first-order valence-corrected chi connectivity index (χ1v) is 7.35. The monoisotopic (exact) mass is 289 g/mol. The van der Waals surface area contributed by atoms with Gasteiger partial charge in [0, 0.05) is 23.8 Å². The Balaban J connectivity index is 2.03. The predicted octanol–water partition coefficient (Wildman–Crippen LogP) is 1.43. The second-order valence-corrected chi connectivity index (χ2v) is 5.99. The van der Waals surface area contributed by atoms with Crippen LogP contribution in [-0.4, -0.2) is 35.8 Å². The molecule has 1 aromatic rings. The highest BCUT2D eigenvalue weighted by Gasteiger charge is 2.26. The number of hydrogen-bond acceptors (Lipinski definition) is 3. The molecule has 21 heavy (non-hydrogen) atoms. The molecule has 2 amide bonds. The van der Waals surface area contributed by atoms with Crippen molar-refractivity contribution in [2.75, 3.05) is 18.8 Å². The minimum absolute atomic E-state index is 0.0975. The van der Waals surface area contributed by atoms with E-state index in [4.69, 9.17) is 5.73 Å². The molecule has 0 fully saturated rings. The lowest BCUT2D eigenvalue weighted by atomic mass is 9.98. The van der Waals surface area contributed by atoms with Gasteiger partial charge in [0.1, 0.15) is 0 Å². The van der Waals surface area contributed by atoms with E-state index in [-0.39, 0.29) is 24.4 Å². The maximum Gasteiger partial charge on any atom is 0.254 e. The number of nitrogen functional groups attached to an aromatic ring is 1. The molecule has 114 valence electrons. The third-order valence-corrected chi connectivity index (χ3v) is 4.03. The number of carbonyl (C=O) groups excluding carboxylic acids is 2. The number of hydrogen-bond donors (Lipinski definition) is 2. The third kappa shape index (κ3) is 3.54. The Morgan fingerprint density at radius 3 is 2.76 bits per heavy atom. The second-order valence-electron chi connectivity index (χ2n) is 5.99. The zero-order chi connectivity index (χ0) is 15.6. The van der Waals surface area contributed by atoms with Crippen molar-refractivity contribution in [3.63, 3.8) is 0 Å². The average molecular weight is 289 g/mol. The summed E-state index contributed by atoms with van der Waals surface area (Å²) in [5, 5.41) is 2.93. The molecule has 5 nitrogen and oxygen atoms in total. The van der Waals surface area contributed by atoms with E-state index in [0.717, 1.165) is 12.0 Å². The van der Waals surface area contributed by atoms with Gasteiger partial charge in [-0.15, -0.1) is 0 Å². The minimum atomic E-state index is -0.115. The summed E-state index contributed by atoms with van der Waals surface area (Å²) in [5.41, 5.74) is 7.93. The maximum absolute atomic E-state index is 12.4. The van der Waals surface area contributed by atoms with Gasteiger partial charge in [-0.1, -0.05) is 19.9 Å². The summed E-state index contributed by atoms with van der Waals surface area (Å²) >= 11 is 0. The maximum atomic E-state index is 12.4.